The molecule has 0 heterocycles. The number of esters is 1. The Morgan fingerprint density at radius 1 is 1.57 bits per heavy atom. The first-order valence-corrected chi connectivity index (χ1v) is 4.67. The van der Waals surface area contributed by atoms with E-state index in [1.54, 1.807) is 30.3 Å². The number of rotatable bonds is 4. The number of hydrogen-bond acceptors (Lipinski definition) is 2. The van der Waals surface area contributed by atoms with Crippen LogP contribution in [0.5, 0.6) is 5.75 Å². The zero-order valence-corrected chi connectivity index (χ0v) is 8.46. The summed E-state index contributed by atoms with van der Waals surface area (Å²) < 4.78 is 5.03. The molecule has 1 aromatic carbocycles. The third kappa shape index (κ3) is 3.62. The van der Waals surface area contributed by atoms with Gasteiger partial charge in [-0.1, -0.05) is 23.7 Å². The van der Waals surface area contributed by atoms with E-state index in [1.165, 1.54) is 0 Å². The predicted molar refractivity (Wildman–Crippen MR) is 56.5 cm³/mol. The summed E-state index contributed by atoms with van der Waals surface area (Å²) in [6.45, 7) is 3.52. The van der Waals surface area contributed by atoms with Gasteiger partial charge in [-0.25, -0.2) is 0 Å². The highest BCUT2D eigenvalue weighted by atomic mass is 35.5. The summed E-state index contributed by atoms with van der Waals surface area (Å²) in [5.74, 6) is 0.207. The SMILES string of the molecule is C=CCCC(=O)Oc1cccc(Cl)c1. The molecule has 0 amide bonds. The lowest BCUT2D eigenvalue weighted by Crippen LogP contribution is -2.06. The summed E-state index contributed by atoms with van der Waals surface area (Å²) in [7, 11) is 0. The van der Waals surface area contributed by atoms with E-state index in [1.807, 2.05) is 0 Å². The van der Waals surface area contributed by atoms with Gasteiger partial charge in [-0.3, -0.25) is 4.79 Å². The van der Waals surface area contributed by atoms with Gasteiger partial charge in [0.1, 0.15) is 5.75 Å². The van der Waals surface area contributed by atoms with Crippen molar-refractivity contribution < 1.29 is 9.53 Å². The minimum absolute atomic E-state index is 0.271. The summed E-state index contributed by atoms with van der Waals surface area (Å²) in [5.41, 5.74) is 0. The van der Waals surface area contributed by atoms with Crippen molar-refractivity contribution in [1.29, 1.82) is 0 Å². The topological polar surface area (TPSA) is 26.3 Å². The van der Waals surface area contributed by atoms with Crippen LogP contribution in [0, 0.1) is 0 Å². The molecule has 0 aliphatic heterocycles. The molecule has 1 aromatic rings. The van der Waals surface area contributed by atoms with Crippen molar-refractivity contribution in [2.24, 2.45) is 0 Å². The van der Waals surface area contributed by atoms with Crippen molar-refractivity contribution >= 4 is 17.6 Å². The van der Waals surface area contributed by atoms with Gasteiger partial charge in [-0.15, -0.1) is 6.58 Å². The van der Waals surface area contributed by atoms with Gasteiger partial charge in [0, 0.05) is 11.4 Å². The first-order valence-electron chi connectivity index (χ1n) is 4.29. The fraction of sp³-hybridized carbons (Fsp3) is 0.182. The molecule has 0 saturated carbocycles. The fourth-order valence-corrected chi connectivity index (χ4v) is 1.11. The summed E-state index contributed by atoms with van der Waals surface area (Å²) in [4.78, 5) is 11.2. The van der Waals surface area contributed by atoms with Crippen LogP contribution in [-0.4, -0.2) is 5.97 Å². The van der Waals surface area contributed by atoms with Crippen LogP contribution in [0.25, 0.3) is 0 Å². The maximum atomic E-state index is 11.2. The Morgan fingerprint density at radius 3 is 3.00 bits per heavy atom. The highest BCUT2D eigenvalue weighted by molar-refractivity contribution is 6.30. The maximum absolute atomic E-state index is 11.2. The average molecular weight is 211 g/mol. The van der Waals surface area contributed by atoms with Crippen molar-refractivity contribution in [2.75, 3.05) is 0 Å². The van der Waals surface area contributed by atoms with Crippen LogP contribution in [0.3, 0.4) is 0 Å². The lowest BCUT2D eigenvalue weighted by Gasteiger charge is -2.02. The van der Waals surface area contributed by atoms with Crippen LogP contribution in [0.1, 0.15) is 12.8 Å². The molecule has 0 atom stereocenters. The second-order valence-corrected chi connectivity index (χ2v) is 3.20. The van der Waals surface area contributed by atoms with Gasteiger partial charge in [-0.05, 0) is 24.6 Å². The molecule has 14 heavy (non-hydrogen) atoms. The highest BCUT2D eigenvalue weighted by Crippen LogP contribution is 2.17. The summed E-state index contributed by atoms with van der Waals surface area (Å²) >= 11 is 5.73. The van der Waals surface area contributed by atoms with Crippen molar-refractivity contribution in [3.8, 4) is 5.75 Å². The quantitative estimate of drug-likeness (QED) is 0.433. The Hall–Kier alpha value is -1.28. The molecule has 0 unspecified atom stereocenters. The molecule has 1 rings (SSSR count). The number of ether oxygens (including phenoxy) is 1. The number of allylic oxidation sites excluding steroid dienone is 1. The predicted octanol–water partition coefficient (Wildman–Crippen LogP) is 3.21. The van der Waals surface area contributed by atoms with Crippen molar-refractivity contribution in [1.82, 2.24) is 0 Å². The van der Waals surface area contributed by atoms with Gasteiger partial charge in [-0.2, -0.15) is 0 Å². The Balaban J connectivity index is 2.51. The van der Waals surface area contributed by atoms with Crippen molar-refractivity contribution in [2.45, 2.75) is 12.8 Å². The molecule has 0 radical (unpaired) electrons. The van der Waals surface area contributed by atoms with E-state index in [9.17, 15) is 4.79 Å². The molecule has 0 saturated heterocycles. The molecule has 0 N–H and O–H groups in total. The summed E-state index contributed by atoms with van der Waals surface area (Å²) in [6, 6.07) is 6.76. The Kier molecular flexibility index (Phi) is 4.20. The van der Waals surface area contributed by atoms with Crippen LogP contribution in [0.4, 0.5) is 0 Å². The van der Waals surface area contributed by atoms with Crippen LogP contribution in [0.15, 0.2) is 36.9 Å². The second kappa shape index (κ2) is 5.45. The molecule has 0 fully saturated rings. The normalized spacial score (nSPS) is 9.50. The van der Waals surface area contributed by atoms with Crippen molar-refractivity contribution in [3.05, 3.63) is 41.9 Å². The minimum atomic E-state index is -0.271. The molecule has 0 bridgehead atoms. The van der Waals surface area contributed by atoms with Gasteiger partial charge in [0.05, 0.1) is 0 Å². The van der Waals surface area contributed by atoms with E-state index in [2.05, 4.69) is 6.58 Å². The average Bonchev–Trinajstić information content (AvgIpc) is 2.15. The molecule has 0 aliphatic carbocycles. The number of carbonyl (C=O) groups is 1. The first kappa shape index (κ1) is 10.8. The number of benzene rings is 1. The van der Waals surface area contributed by atoms with E-state index < -0.39 is 0 Å². The number of halogens is 1. The van der Waals surface area contributed by atoms with Gasteiger partial charge >= 0.3 is 5.97 Å². The van der Waals surface area contributed by atoms with E-state index in [0.717, 1.165) is 0 Å². The lowest BCUT2D eigenvalue weighted by molar-refractivity contribution is -0.134. The first-order chi connectivity index (χ1) is 6.72. The monoisotopic (exact) mass is 210 g/mol. The fourth-order valence-electron chi connectivity index (χ4n) is 0.933. The van der Waals surface area contributed by atoms with Crippen molar-refractivity contribution in [3.63, 3.8) is 0 Å². The van der Waals surface area contributed by atoms with E-state index in [4.69, 9.17) is 16.3 Å². The minimum Gasteiger partial charge on any atom is -0.426 e. The standard InChI is InChI=1S/C11H11ClO2/c1-2-3-7-11(13)14-10-6-4-5-9(12)8-10/h2,4-6,8H,1,3,7H2. The molecule has 3 heteroatoms. The van der Waals surface area contributed by atoms with E-state index >= 15 is 0 Å². The van der Waals surface area contributed by atoms with Crippen LogP contribution < -0.4 is 4.74 Å². The highest BCUT2D eigenvalue weighted by Gasteiger charge is 2.03. The lowest BCUT2D eigenvalue weighted by atomic mass is 10.3. The molecule has 2 nitrogen and oxygen atoms in total. The largest absolute Gasteiger partial charge is 0.426 e. The smallest absolute Gasteiger partial charge is 0.311 e. The Bertz CT molecular complexity index is 334. The van der Waals surface area contributed by atoms with Crippen LogP contribution in [-0.2, 0) is 4.79 Å². The molecule has 74 valence electrons. The van der Waals surface area contributed by atoms with E-state index in [0.29, 0.717) is 23.6 Å². The molecule has 0 aliphatic rings. The molecule has 0 aromatic heterocycles. The van der Waals surface area contributed by atoms with Gasteiger partial charge < -0.3 is 4.74 Å². The zero-order chi connectivity index (χ0) is 10.4. The number of hydrogen-bond donors (Lipinski definition) is 0. The second-order valence-electron chi connectivity index (χ2n) is 2.76. The molecular weight excluding hydrogens is 200 g/mol. The zero-order valence-electron chi connectivity index (χ0n) is 7.70. The third-order valence-corrected chi connectivity index (χ3v) is 1.82. The van der Waals surface area contributed by atoms with Gasteiger partial charge in [0.25, 0.3) is 0 Å². The van der Waals surface area contributed by atoms with Gasteiger partial charge in [0.15, 0.2) is 0 Å². The van der Waals surface area contributed by atoms with Gasteiger partial charge in [0.2, 0.25) is 0 Å². The summed E-state index contributed by atoms with van der Waals surface area (Å²) in [5, 5.41) is 0.555. The molecule has 0 spiro atoms. The van der Waals surface area contributed by atoms with Crippen LogP contribution >= 0.6 is 11.6 Å². The third-order valence-electron chi connectivity index (χ3n) is 1.58. The van der Waals surface area contributed by atoms with E-state index in [-0.39, 0.29) is 5.97 Å². The Morgan fingerprint density at radius 2 is 2.36 bits per heavy atom. The summed E-state index contributed by atoms with van der Waals surface area (Å²) in [6.07, 6.45) is 2.65. The Labute approximate surface area is 88.1 Å². The molecular formula is C11H11ClO2. The van der Waals surface area contributed by atoms with Crippen LogP contribution in [0.2, 0.25) is 5.02 Å². The maximum Gasteiger partial charge on any atom is 0.311 e. The number of carbonyl (C=O) groups excluding carboxylic acids is 1.